The Hall–Kier alpha value is -1.30. The Balaban J connectivity index is 2.48. The number of methoxy groups -OCH3 is 1. The van der Waals surface area contributed by atoms with Crippen molar-refractivity contribution in [1.82, 2.24) is 10.2 Å². The molecule has 1 rings (SSSR count). The van der Waals surface area contributed by atoms with Crippen molar-refractivity contribution in [2.45, 2.75) is 19.8 Å². The number of hydrogen-bond acceptors (Lipinski definition) is 3. The largest absolute Gasteiger partial charge is 0.385 e. The number of halogens is 2. The first kappa shape index (κ1) is 19.7. The molecule has 0 aliphatic heterocycles. The first-order valence-corrected chi connectivity index (χ1v) is 8.14. The number of carbonyl (C=O) groups excluding carboxylic acids is 2. The van der Waals surface area contributed by atoms with Gasteiger partial charge in [-0.05, 0) is 30.5 Å². The van der Waals surface area contributed by atoms with Crippen molar-refractivity contribution in [1.29, 1.82) is 0 Å². The van der Waals surface area contributed by atoms with Crippen molar-refractivity contribution in [2.24, 2.45) is 0 Å². The summed E-state index contributed by atoms with van der Waals surface area (Å²) in [6.07, 6.45) is 1.30. The Labute approximate surface area is 146 Å². The minimum absolute atomic E-state index is 0.0352. The van der Waals surface area contributed by atoms with Gasteiger partial charge in [-0.2, -0.15) is 0 Å². The standard InChI is InChI=1S/C16H22Cl2N2O3/c1-12(21)20(11-16(22)19-7-3-9-23-2)8-6-13-4-5-14(17)10-15(13)18/h4-5,10H,3,6-9,11H2,1-2H3,(H,19,22). The molecule has 0 aliphatic rings. The molecule has 23 heavy (non-hydrogen) atoms. The Morgan fingerprint density at radius 1 is 1.30 bits per heavy atom. The van der Waals surface area contributed by atoms with Crippen LogP contribution >= 0.6 is 23.2 Å². The van der Waals surface area contributed by atoms with Gasteiger partial charge < -0.3 is 15.0 Å². The van der Waals surface area contributed by atoms with E-state index in [9.17, 15) is 9.59 Å². The third-order valence-corrected chi connectivity index (χ3v) is 3.88. The smallest absolute Gasteiger partial charge is 0.239 e. The molecule has 5 nitrogen and oxygen atoms in total. The molecule has 0 unspecified atom stereocenters. The highest BCUT2D eigenvalue weighted by atomic mass is 35.5. The molecule has 0 radical (unpaired) electrons. The van der Waals surface area contributed by atoms with Crippen LogP contribution in [0.2, 0.25) is 10.0 Å². The van der Waals surface area contributed by atoms with Crippen LogP contribution in [0.5, 0.6) is 0 Å². The fourth-order valence-electron chi connectivity index (χ4n) is 2.00. The molecule has 1 N–H and O–H groups in total. The van der Waals surface area contributed by atoms with Crippen LogP contribution in [0.3, 0.4) is 0 Å². The number of amides is 2. The minimum Gasteiger partial charge on any atom is -0.385 e. The molecule has 1 aromatic carbocycles. The van der Waals surface area contributed by atoms with Gasteiger partial charge in [0.2, 0.25) is 11.8 Å². The molecule has 0 bridgehead atoms. The summed E-state index contributed by atoms with van der Waals surface area (Å²) in [7, 11) is 1.61. The van der Waals surface area contributed by atoms with Crippen molar-refractivity contribution in [2.75, 3.05) is 33.4 Å². The maximum absolute atomic E-state index is 11.9. The Kier molecular flexibility index (Phi) is 8.99. The summed E-state index contributed by atoms with van der Waals surface area (Å²) in [6.45, 7) is 3.02. The van der Waals surface area contributed by atoms with Crippen molar-refractivity contribution in [3.63, 3.8) is 0 Å². The fourth-order valence-corrected chi connectivity index (χ4v) is 2.50. The Morgan fingerprint density at radius 2 is 2.04 bits per heavy atom. The van der Waals surface area contributed by atoms with E-state index in [0.29, 0.717) is 36.2 Å². The first-order chi connectivity index (χ1) is 10.9. The van der Waals surface area contributed by atoms with Gasteiger partial charge in [0, 0.05) is 43.8 Å². The zero-order chi connectivity index (χ0) is 17.2. The molecule has 0 aromatic heterocycles. The molecule has 0 heterocycles. The zero-order valence-electron chi connectivity index (χ0n) is 13.4. The lowest BCUT2D eigenvalue weighted by Crippen LogP contribution is -2.41. The lowest BCUT2D eigenvalue weighted by atomic mass is 10.1. The van der Waals surface area contributed by atoms with Crippen molar-refractivity contribution in [3.05, 3.63) is 33.8 Å². The molecule has 0 saturated heterocycles. The van der Waals surface area contributed by atoms with Gasteiger partial charge in [-0.3, -0.25) is 9.59 Å². The molecule has 0 aliphatic carbocycles. The molecule has 128 valence electrons. The van der Waals surface area contributed by atoms with Crippen molar-refractivity contribution in [3.8, 4) is 0 Å². The molecule has 0 atom stereocenters. The Bertz CT molecular complexity index is 538. The van der Waals surface area contributed by atoms with Crippen LogP contribution in [0.4, 0.5) is 0 Å². The highest BCUT2D eigenvalue weighted by Crippen LogP contribution is 2.21. The van der Waals surface area contributed by atoms with Crippen molar-refractivity contribution < 1.29 is 14.3 Å². The van der Waals surface area contributed by atoms with Gasteiger partial charge in [0.1, 0.15) is 0 Å². The van der Waals surface area contributed by atoms with Gasteiger partial charge in [0.25, 0.3) is 0 Å². The molecule has 0 fully saturated rings. The maximum Gasteiger partial charge on any atom is 0.239 e. The van der Waals surface area contributed by atoms with Gasteiger partial charge in [0.05, 0.1) is 6.54 Å². The Morgan fingerprint density at radius 3 is 2.65 bits per heavy atom. The molecule has 0 saturated carbocycles. The van der Waals surface area contributed by atoms with Crippen LogP contribution in [0.1, 0.15) is 18.9 Å². The van der Waals surface area contributed by atoms with Gasteiger partial charge >= 0.3 is 0 Å². The third-order valence-electron chi connectivity index (χ3n) is 3.29. The molecular weight excluding hydrogens is 339 g/mol. The lowest BCUT2D eigenvalue weighted by Gasteiger charge is -2.21. The van der Waals surface area contributed by atoms with E-state index < -0.39 is 0 Å². The van der Waals surface area contributed by atoms with Gasteiger partial charge in [0.15, 0.2) is 0 Å². The SMILES string of the molecule is COCCCNC(=O)CN(CCc1ccc(Cl)cc1Cl)C(C)=O. The quantitative estimate of drug-likeness (QED) is 0.688. The summed E-state index contributed by atoms with van der Waals surface area (Å²) in [5, 5.41) is 3.89. The summed E-state index contributed by atoms with van der Waals surface area (Å²) in [4.78, 5) is 25.0. The normalized spacial score (nSPS) is 10.4. The van der Waals surface area contributed by atoms with Crippen LogP contribution in [0, 0.1) is 0 Å². The van der Waals surface area contributed by atoms with Crippen molar-refractivity contribution >= 4 is 35.0 Å². The average molecular weight is 361 g/mol. The molecule has 0 spiro atoms. The van der Waals surface area contributed by atoms with E-state index in [0.717, 1.165) is 12.0 Å². The summed E-state index contributed by atoms with van der Waals surface area (Å²) in [5.41, 5.74) is 0.891. The predicted molar refractivity (Wildman–Crippen MR) is 91.9 cm³/mol. The number of carbonyl (C=O) groups is 2. The highest BCUT2D eigenvalue weighted by Gasteiger charge is 2.14. The molecule has 7 heteroatoms. The zero-order valence-corrected chi connectivity index (χ0v) is 14.9. The molecular formula is C16H22Cl2N2O3. The average Bonchev–Trinajstić information content (AvgIpc) is 2.49. The van der Waals surface area contributed by atoms with E-state index in [-0.39, 0.29) is 18.4 Å². The second-order valence-corrected chi connectivity index (χ2v) is 5.97. The van der Waals surface area contributed by atoms with Crippen LogP contribution in [-0.4, -0.2) is 50.1 Å². The van der Waals surface area contributed by atoms with Gasteiger partial charge in [-0.1, -0.05) is 29.3 Å². The number of nitrogens with zero attached hydrogens (tertiary/aromatic N) is 1. The van der Waals surface area contributed by atoms with Gasteiger partial charge in [-0.25, -0.2) is 0 Å². The van der Waals surface area contributed by atoms with E-state index in [1.807, 2.05) is 6.07 Å². The van der Waals surface area contributed by atoms with Crippen LogP contribution in [0.25, 0.3) is 0 Å². The van der Waals surface area contributed by atoms with Crippen LogP contribution in [-0.2, 0) is 20.7 Å². The fraction of sp³-hybridized carbons (Fsp3) is 0.500. The van der Waals surface area contributed by atoms with E-state index >= 15 is 0 Å². The van der Waals surface area contributed by atoms with Crippen LogP contribution < -0.4 is 5.32 Å². The van der Waals surface area contributed by atoms with Gasteiger partial charge in [-0.15, -0.1) is 0 Å². The third kappa shape index (κ3) is 7.68. The second kappa shape index (κ2) is 10.5. The summed E-state index contributed by atoms with van der Waals surface area (Å²) < 4.78 is 4.91. The number of nitrogens with one attached hydrogen (secondary N) is 1. The highest BCUT2D eigenvalue weighted by molar-refractivity contribution is 6.35. The summed E-state index contributed by atoms with van der Waals surface area (Å²) in [5.74, 6) is -0.333. The van der Waals surface area contributed by atoms with E-state index in [1.165, 1.54) is 11.8 Å². The second-order valence-electron chi connectivity index (χ2n) is 5.12. The topological polar surface area (TPSA) is 58.6 Å². The summed E-state index contributed by atoms with van der Waals surface area (Å²) >= 11 is 12.0. The van der Waals surface area contributed by atoms with E-state index in [1.54, 1.807) is 19.2 Å². The number of ether oxygens (including phenoxy) is 1. The predicted octanol–water partition coefficient (Wildman–Crippen LogP) is 2.54. The maximum atomic E-state index is 11.9. The first-order valence-electron chi connectivity index (χ1n) is 7.39. The molecule has 2 amide bonds. The van der Waals surface area contributed by atoms with E-state index in [2.05, 4.69) is 5.32 Å². The number of rotatable bonds is 9. The number of benzene rings is 1. The van der Waals surface area contributed by atoms with E-state index in [4.69, 9.17) is 27.9 Å². The number of hydrogen-bond donors (Lipinski definition) is 1. The molecule has 1 aromatic rings. The lowest BCUT2D eigenvalue weighted by molar-refractivity contribution is -0.134. The minimum atomic E-state index is -0.182. The summed E-state index contributed by atoms with van der Waals surface area (Å²) in [6, 6.07) is 5.25. The monoisotopic (exact) mass is 360 g/mol. The van der Waals surface area contributed by atoms with Crippen LogP contribution in [0.15, 0.2) is 18.2 Å².